The van der Waals surface area contributed by atoms with Gasteiger partial charge in [-0.05, 0) is 18.6 Å². The first-order chi connectivity index (χ1) is 8.04. The predicted octanol–water partition coefficient (Wildman–Crippen LogP) is 1.28. The van der Waals surface area contributed by atoms with Crippen molar-refractivity contribution in [2.24, 2.45) is 0 Å². The lowest BCUT2D eigenvalue weighted by Gasteiger charge is -2.13. The van der Waals surface area contributed by atoms with Crippen molar-refractivity contribution in [2.45, 2.75) is 18.2 Å². The number of anilines is 1. The Labute approximate surface area is 100 Å². The maximum absolute atomic E-state index is 12.2. The molecule has 0 spiro atoms. The van der Waals surface area contributed by atoms with Crippen molar-refractivity contribution in [3.63, 3.8) is 0 Å². The van der Waals surface area contributed by atoms with Crippen molar-refractivity contribution in [1.82, 2.24) is 4.31 Å². The van der Waals surface area contributed by atoms with Crippen LogP contribution in [0.2, 0.25) is 0 Å². The van der Waals surface area contributed by atoms with Gasteiger partial charge in [-0.1, -0.05) is 13.0 Å². The molecule has 0 aliphatic carbocycles. The SMILES string of the molecule is CCCN1C(=O)c2cccc(NC)c2S1(=O)=O. The molecule has 92 valence electrons. The molecule has 0 saturated heterocycles. The number of amides is 1. The van der Waals surface area contributed by atoms with Crippen molar-refractivity contribution < 1.29 is 13.2 Å². The van der Waals surface area contributed by atoms with E-state index in [0.29, 0.717) is 12.1 Å². The standard InChI is InChI=1S/C11H14N2O3S/c1-3-7-13-11(14)8-5-4-6-9(12-2)10(8)17(13,15)16/h4-6,12H,3,7H2,1-2H3. The van der Waals surface area contributed by atoms with Crippen LogP contribution < -0.4 is 5.32 Å². The van der Waals surface area contributed by atoms with Crippen LogP contribution in [0, 0.1) is 0 Å². The quantitative estimate of drug-likeness (QED) is 0.882. The van der Waals surface area contributed by atoms with Crippen LogP contribution in [0.3, 0.4) is 0 Å². The molecule has 1 aliphatic heterocycles. The zero-order valence-electron chi connectivity index (χ0n) is 9.73. The topological polar surface area (TPSA) is 66.5 Å². The lowest BCUT2D eigenvalue weighted by atomic mass is 10.2. The van der Waals surface area contributed by atoms with E-state index in [2.05, 4.69) is 5.32 Å². The second kappa shape index (κ2) is 4.03. The highest BCUT2D eigenvalue weighted by Gasteiger charge is 2.42. The van der Waals surface area contributed by atoms with Crippen LogP contribution in [0.4, 0.5) is 5.69 Å². The van der Waals surface area contributed by atoms with E-state index < -0.39 is 15.9 Å². The number of nitrogens with zero attached hydrogens (tertiary/aromatic N) is 1. The zero-order valence-corrected chi connectivity index (χ0v) is 10.5. The van der Waals surface area contributed by atoms with Crippen molar-refractivity contribution in [3.8, 4) is 0 Å². The third-order valence-corrected chi connectivity index (χ3v) is 4.60. The molecule has 0 unspecified atom stereocenters. The van der Waals surface area contributed by atoms with Crippen LogP contribution >= 0.6 is 0 Å². The van der Waals surface area contributed by atoms with Crippen LogP contribution in [0.15, 0.2) is 23.1 Å². The number of carbonyl (C=O) groups excluding carboxylic acids is 1. The number of carbonyl (C=O) groups is 1. The number of benzene rings is 1. The molecule has 1 N–H and O–H groups in total. The van der Waals surface area contributed by atoms with Crippen LogP contribution in [0.5, 0.6) is 0 Å². The second-order valence-corrected chi connectivity index (χ2v) is 5.61. The highest BCUT2D eigenvalue weighted by Crippen LogP contribution is 2.35. The summed E-state index contributed by atoms with van der Waals surface area (Å²) >= 11 is 0. The van der Waals surface area contributed by atoms with Gasteiger partial charge < -0.3 is 5.32 Å². The molecule has 0 saturated carbocycles. The summed E-state index contributed by atoms with van der Waals surface area (Å²) in [6.07, 6.45) is 0.605. The van der Waals surface area contributed by atoms with Gasteiger partial charge in [0.1, 0.15) is 4.90 Å². The molecule has 6 heteroatoms. The minimum atomic E-state index is -3.68. The van der Waals surface area contributed by atoms with E-state index in [1.54, 1.807) is 25.2 Å². The summed E-state index contributed by atoms with van der Waals surface area (Å²) in [5.41, 5.74) is 0.722. The third kappa shape index (κ3) is 1.59. The first-order valence-electron chi connectivity index (χ1n) is 5.42. The summed E-state index contributed by atoms with van der Waals surface area (Å²) in [5, 5.41) is 2.81. The van der Waals surface area contributed by atoms with E-state index >= 15 is 0 Å². The maximum Gasteiger partial charge on any atom is 0.269 e. The summed E-state index contributed by atoms with van der Waals surface area (Å²) in [6.45, 7) is 2.06. The van der Waals surface area contributed by atoms with Gasteiger partial charge in [0.05, 0.1) is 11.3 Å². The fourth-order valence-corrected chi connectivity index (χ4v) is 3.80. The zero-order chi connectivity index (χ0) is 12.6. The van der Waals surface area contributed by atoms with Gasteiger partial charge in [-0.2, -0.15) is 0 Å². The second-order valence-electron chi connectivity index (χ2n) is 3.81. The molecule has 0 bridgehead atoms. The monoisotopic (exact) mass is 254 g/mol. The van der Waals surface area contributed by atoms with Gasteiger partial charge in [0.2, 0.25) is 0 Å². The normalized spacial score (nSPS) is 17.1. The van der Waals surface area contributed by atoms with E-state index in [-0.39, 0.29) is 17.0 Å². The molecule has 0 radical (unpaired) electrons. The lowest BCUT2D eigenvalue weighted by molar-refractivity contribution is 0.0871. The fourth-order valence-electron chi connectivity index (χ4n) is 1.96. The van der Waals surface area contributed by atoms with Crippen LogP contribution in [0.1, 0.15) is 23.7 Å². The number of sulfonamides is 1. The van der Waals surface area contributed by atoms with E-state index in [0.717, 1.165) is 4.31 Å². The highest BCUT2D eigenvalue weighted by molar-refractivity contribution is 7.90. The van der Waals surface area contributed by atoms with Gasteiger partial charge in [0.15, 0.2) is 0 Å². The molecular weight excluding hydrogens is 240 g/mol. The maximum atomic E-state index is 12.2. The van der Waals surface area contributed by atoms with Crippen molar-refractivity contribution >= 4 is 21.6 Å². The summed E-state index contributed by atoms with van der Waals surface area (Å²) in [6, 6.07) is 4.87. The Hall–Kier alpha value is -1.56. The largest absolute Gasteiger partial charge is 0.387 e. The van der Waals surface area contributed by atoms with E-state index in [1.807, 2.05) is 6.92 Å². The molecule has 1 heterocycles. The average Bonchev–Trinajstić information content (AvgIpc) is 2.51. The van der Waals surface area contributed by atoms with Crippen molar-refractivity contribution in [2.75, 3.05) is 18.9 Å². The lowest BCUT2D eigenvalue weighted by Crippen LogP contribution is -2.30. The molecule has 1 aromatic carbocycles. The molecule has 2 rings (SSSR count). The van der Waals surface area contributed by atoms with Crippen molar-refractivity contribution in [3.05, 3.63) is 23.8 Å². The van der Waals surface area contributed by atoms with Crippen LogP contribution in [0.25, 0.3) is 0 Å². The fraction of sp³-hybridized carbons (Fsp3) is 0.364. The number of rotatable bonds is 3. The van der Waals surface area contributed by atoms with Gasteiger partial charge in [-0.15, -0.1) is 0 Å². The molecule has 1 amide bonds. The van der Waals surface area contributed by atoms with Crippen LogP contribution in [-0.2, 0) is 10.0 Å². The number of fused-ring (bicyclic) bond motifs is 1. The van der Waals surface area contributed by atoms with Gasteiger partial charge in [-0.3, -0.25) is 4.79 Å². The van der Waals surface area contributed by atoms with Gasteiger partial charge in [0, 0.05) is 13.6 Å². The molecule has 0 aromatic heterocycles. The predicted molar refractivity (Wildman–Crippen MR) is 64.5 cm³/mol. The van der Waals surface area contributed by atoms with Crippen molar-refractivity contribution in [1.29, 1.82) is 0 Å². The molecule has 0 atom stereocenters. The molecule has 0 fully saturated rings. The third-order valence-electron chi connectivity index (χ3n) is 2.72. The Balaban J connectivity index is 2.67. The summed E-state index contributed by atoms with van der Waals surface area (Å²) in [5.74, 6) is -0.432. The molecular formula is C11H14N2O3S. The Morgan fingerprint density at radius 2 is 2.06 bits per heavy atom. The van der Waals surface area contributed by atoms with Gasteiger partial charge >= 0.3 is 0 Å². The van der Waals surface area contributed by atoms with E-state index in [9.17, 15) is 13.2 Å². The number of hydrogen-bond donors (Lipinski definition) is 1. The molecule has 5 nitrogen and oxygen atoms in total. The Morgan fingerprint density at radius 3 is 2.65 bits per heavy atom. The van der Waals surface area contributed by atoms with Gasteiger partial charge in [0.25, 0.3) is 15.9 Å². The first-order valence-corrected chi connectivity index (χ1v) is 6.86. The van der Waals surface area contributed by atoms with E-state index in [4.69, 9.17) is 0 Å². The average molecular weight is 254 g/mol. The summed E-state index contributed by atoms with van der Waals surface area (Å²) < 4.78 is 25.4. The van der Waals surface area contributed by atoms with E-state index in [1.165, 1.54) is 0 Å². The smallest absolute Gasteiger partial charge is 0.269 e. The minimum Gasteiger partial charge on any atom is -0.387 e. The summed E-state index contributed by atoms with van der Waals surface area (Å²) in [7, 11) is -2.04. The van der Waals surface area contributed by atoms with Crippen LogP contribution in [-0.4, -0.2) is 32.2 Å². The minimum absolute atomic E-state index is 0.0981. The Morgan fingerprint density at radius 1 is 1.35 bits per heavy atom. The molecule has 17 heavy (non-hydrogen) atoms. The Bertz CT molecular complexity index is 566. The van der Waals surface area contributed by atoms with Gasteiger partial charge in [-0.25, -0.2) is 12.7 Å². The number of nitrogens with one attached hydrogen (secondary N) is 1. The Kier molecular flexibility index (Phi) is 2.82. The highest BCUT2D eigenvalue weighted by atomic mass is 32.2. The number of hydrogen-bond acceptors (Lipinski definition) is 4. The molecule has 1 aromatic rings. The first kappa shape index (κ1) is 11.9. The summed E-state index contributed by atoms with van der Waals surface area (Å²) in [4.78, 5) is 12.1. The molecule has 1 aliphatic rings.